The zero-order chi connectivity index (χ0) is 18.7. The van der Waals surface area contributed by atoms with Crippen molar-refractivity contribution in [2.24, 2.45) is 11.3 Å². The SMILES string of the molecule is O=C(NCC1(C(=O)O)CCOCC1)C1CC(=O)N(c2ccccc2Cl)C1. The van der Waals surface area contributed by atoms with E-state index in [0.717, 1.165) is 0 Å². The summed E-state index contributed by atoms with van der Waals surface area (Å²) in [7, 11) is 0. The third-order valence-electron chi connectivity index (χ3n) is 5.14. The van der Waals surface area contributed by atoms with Gasteiger partial charge in [-0.3, -0.25) is 14.4 Å². The van der Waals surface area contributed by atoms with Crippen LogP contribution in [0.2, 0.25) is 5.02 Å². The van der Waals surface area contributed by atoms with Crippen molar-refractivity contribution >= 4 is 35.1 Å². The fourth-order valence-electron chi connectivity index (χ4n) is 3.42. The third kappa shape index (κ3) is 3.68. The molecule has 0 radical (unpaired) electrons. The van der Waals surface area contributed by atoms with E-state index in [1.165, 1.54) is 4.90 Å². The second-order valence-electron chi connectivity index (χ2n) is 6.77. The molecule has 1 unspecified atom stereocenters. The number of nitrogens with zero attached hydrogens (tertiary/aromatic N) is 1. The molecule has 2 amide bonds. The zero-order valence-electron chi connectivity index (χ0n) is 14.2. The molecule has 2 fully saturated rings. The van der Waals surface area contributed by atoms with E-state index in [9.17, 15) is 19.5 Å². The molecule has 2 aliphatic rings. The highest BCUT2D eigenvalue weighted by Crippen LogP contribution is 2.32. The van der Waals surface area contributed by atoms with E-state index in [1.54, 1.807) is 24.3 Å². The Balaban J connectivity index is 1.63. The van der Waals surface area contributed by atoms with Crippen molar-refractivity contribution in [3.05, 3.63) is 29.3 Å². The van der Waals surface area contributed by atoms with Gasteiger partial charge in [-0.15, -0.1) is 0 Å². The summed E-state index contributed by atoms with van der Waals surface area (Å²) >= 11 is 6.14. The molecule has 3 rings (SSSR count). The van der Waals surface area contributed by atoms with Crippen LogP contribution >= 0.6 is 11.6 Å². The first-order chi connectivity index (χ1) is 12.4. The average molecular weight is 381 g/mol. The summed E-state index contributed by atoms with van der Waals surface area (Å²) < 4.78 is 5.23. The van der Waals surface area contributed by atoms with Crippen molar-refractivity contribution in [3.8, 4) is 0 Å². The van der Waals surface area contributed by atoms with Gasteiger partial charge in [0, 0.05) is 32.7 Å². The van der Waals surface area contributed by atoms with Crippen molar-refractivity contribution in [3.63, 3.8) is 0 Å². The fraction of sp³-hybridized carbons (Fsp3) is 0.500. The summed E-state index contributed by atoms with van der Waals surface area (Å²) in [6.07, 6.45) is 0.802. The number of hydrogen-bond acceptors (Lipinski definition) is 4. The van der Waals surface area contributed by atoms with Crippen LogP contribution in [0, 0.1) is 11.3 Å². The largest absolute Gasteiger partial charge is 0.481 e. The normalized spacial score (nSPS) is 22.3. The predicted octanol–water partition coefficient (Wildman–Crippen LogP) is 1.69. The maximum atomic E-state index is 12.5. The Hall–Kier alpha value is -2.12. The molecule has 1 aromatic rings. The van der Waals surface area contributed by atoms with Crippen LogP contribution in [0.15, 0.2) is 24.3 Å². The molecule has 8 heteroatoms. The van der Waals surface area contributed by atoms with Crippen LogP contribution in [0.4, 0.5) is 5.69 Å². The number of anilines is 1. The van der Waals surface area contributed by atoms with Gasteiger partial charge in [-0.1, -0.05) is 23.7 Å². The number of nitrogens with one attached hydrogen (secondary N) is 1. The molecule has 140 valence electrons. The average Bonchev–Trinajstić information content (AvgIpc) is 3.02. The summed E-state index contributed by atoms with van der Waals surface area (Å²) in [6.45, 7) is 1.01. The minimum absolute atomic E-state index is 0.0430. The molecule has 2 saturated heterocycles. The Morgan fingerprint density at radius 2 is 2.00 bits per heavy atom. The monoisotopic (exact) mass is 380 g/mol. The Bertz CT molecular complexity index is 717. The molecule has 7 nitrogen and oxygen atoms in total. The van der Waals surface area contributed by atoms with E-state index in [0.29, 0.717) is 36.8 Å². The number of para-hydroxylation sites is 1. The molecule has 26 heavy (non-hydrogen) atoms. The quantitative estimate of drug-likeness (QED) is 0.810. The summed E-state index contributed by atoms with van der Waals surface area (Å²) in [5, 5.41) is 12.7. The standard InChI is InChI=1S/C18H21ClN2O5/c19-13-3-1-2-4-14(13)21-10-12(9-15(21)22)16(23)20-11-18(17(24)25)5-7-26-8-6-18/h1-4,12H,5-11H2,(H,20,23)(H,24,25). The van der Waals surface area contributed by atoms with E-state index in [1.807, 2.05) is 0 Å². The highest BCUT2D eigenvalue weighted by molar-refractivity contribution is 6.33. The van der Waals surface area contributed by atoms with E-state index in [4.69, 9.17) is 16.3 Å². The first-order valence-corrected chi connectivity index (χ1v) is 8.94. The summed E-state index contributed by atoms with van der Waals surface area (Å²) in [5.74, 6) is -1.93. The third-order valence-corrected chi connectivity index (χ3v) is 5.46. The van der Waals surface area contributed by atoms with Crippen molar-refractivity contribution in [1.82, 2.24) is 5.32 Å². The van der Waals surface area contributed by atoms with Crippen LogP contribution in [-0.4, -0.2) is 49.2 Å². The lowest BCUT2D eigenvalue weighted by molar-refractivity contribution is -0.154. The number of hydrogen-bond donors (Lipinski definition) is 2. The van der Waals surface area contributed by atoms with Gasteiger partial charge in [0.15, 0.2) is 0 Å². The maximum Gasteiger partial charge on any atom is 0.311 e. The Morgan fingerprint density at radius 1 is 1.31 bits per heavy atom. The number of halogens is 1. The molecule has 1 aromatic carbocycles. The van der Waals surface area contributed by atoms with Crippen LogP contribution < -0.4 is 10.2 Å². The van der Waals surface area contributed by atoms with Gasteiger partial charge in [-0.25, -0.2) is 0 Å². The van der Waals surface area contributed by atoms with E-state index in [2.05, 4.69) is 5.32 Å². The lowest BCUT2D eigenvalue weighted by Gasteiger charge is -2.33. The maximum absolute atomic E-state index is 12.5. The van der Waals surface area contributed by atoms with Gasteiger partial charge in [0.05, 0.1) is 22.0 Å². The smallest absolute Gasteiger partial charge is 0.311 e. The van der Waals surface area contributed by atoms with Gasteiger partial charge >= 0.3 is 5.97 Å². The van der Waals surface area contributed by atoms with Crippen LogP contribution in [0.3, 0.4) is 0 Å². The highest BCUT2D eigenvalue weighted by Gasteiger charge is 2.42. The lowest BCUT2D eigenvalue weighted by Crippen LogP contribution is -2.48. The number of aliphatic carboxylic acids is 1. The summed E-state index contributed by atoms with van der Waals surface area (Å²) in [4.78, 5) is 38.0. The first-order valence-electron chi connectivity index (χ1n) is 8.57. The number of ether oxygens (including phenoxy) is 1. The molecule has 1 atom stereocenters. The Kier molecular flexibility index (Phi) is 5.48. The topological polar surface area (TPSA) is 95.9 Å². The molecular weight excluding hydrogens is 360 g/mol. The molecule has 0 aromatic heterocycles. The van der Waals surface area contributed by atoms with Crippen LogP contribution in [0.1, 0.15) is 19.3 Å². The number of amides is 2. The number of carboxylic acids is 1. The predicted molar refractivity (Wildman–Crippen MR) is 95.0 cm³/mol. The molecule has 2 heterocycles. The molecule has 0 saturated carbocycles. The highest BCUT2D eigenvalue weighted by atomic mass is 35.5. The van der Waals surface area contributed by atoms with Crippen molar-refractivity contribution in [1.29, 1.82) is 0 Å². The minimum Gasteiger partial charge on any atom is -0.481 e. The number of rotatable bonds is 5. The second-order valence-corrected chi connectivity index (χ2v) is 7.18. The van der Waals surface area contributed by atoms with Crippen LogP contribution in [-0.2, 0) is 19.1 Å². The van der Waals surface area contributed by atoms with Crippen molar-refractivity contribution in [2.75, 3.05) is 31.2 Å². The van der Waals surface area contributed by atoms with Gasteiger partial charge in [0.1, 0.15) is 0 Å². The van der Waals surface area contributed by atoms with Crippen molar-refractivity contribution < 1.29 is 24.2 Å². The zero-order valence-corrected chi connectivity index (χ0v) is 15.0. The lowest BCUT2D eigenvalue weighted by atomic mass is 9.80. The van der Waals surface area contributed by atoms with E-state index in [-0.39, 0.29) is 31.3 Å². The van der Waals surface area contributed by atoms with Crippen molar-refractivity contribution in [2.45, 2.75) is 19.3 Å². The molecule has 2 N–H and O–H groups in total. The second kappa shape index (κ2) is 7.63. The minimum atomic E-state index is -1.00. The van der Waals surface area contributed by atoms with Crippen LogP contribution in [0.5, 0.6) is 0 Å². The summed E-state index contributed by atoms with van der Waals surface area (Å²) in [6, 6.07) is 6.99. The number of carbonyl (C=O) groups excluding carboxylic acids is 2. The first kappa shape index (κ1) is 18.7. The molecule has 0 bridgehead atoms. The van der Waals surface area contributed by atoms with Gasteiger partial charge in [-0.05, 0) is 25.0 Å². The number of carbonyl (C=O) groups is 3. The number of benzene rings is 1. The summed E-state index contributed by atoms with van der Waals surface area (Å²) in [5.41, 5.74) is -0.417. The Morgan fingerprint density at radius 3 is 2.65 bits per heavy atom. The number of carboxylic acid groups (broad SMARTS) is 1. The Labute approximate surface area is 156 Å². The molecule has 0 aliphatic carbocycles. The molecular formula is C18H21ClN2O5. The van der Waals surface area contributed by atoms with Gasteiger partial charge in [0.2, 0.25) is 11.8 Å². The van der Waals surface area contributed by atoms with Gasteiger partial charge in [0.25, 0.3) is 0 Å². The van der Waals surface area contributed by atoms with E-state index >= 15 is 0 Å². The van der Waals surface area contributed by atoms with Gasteiger partial charge in [-0.2, -0.15) is 0 Å². The fourth-order valence-corrected chi connectivity index (χ4v) is 3.65. The van der Waals surface area contributed by atoms with E-state index < -0.39 is 17.3 Å². The molecule has 2 aliphatic heterocycles. The molecule has 0 spiro atoms. The van der Waals surface area contributed by atoms with Crippen LogP contribution in [0.25, 0.3) is 0 Å². The van der Waals surface area contributed by atoms with Gasteiger partial charge < -0.3 is 20.1 Å².